The van der Waals surface area contributed by atoms with Gasteiger partial charge in [0, 0.05) is 10.2 Å². The van der Waals surface area contributed by atoms with Crippen molar-refractivity contribution in [1.29, 1.82) is 10.7 Å². The Labute approximate surface area is 118 Å². The van der Waals surface area contributed by atoms with Crippen molar-refractivity contribution >= 4 is 39.0 Å². The minimum atomic E-state index is -1.06. The molecule has 0 saturated heterocycles. The average molecular weight is 330 g/mol. The van der Waals surface area contributed by atoms with Gasteiger partial charge in [0.05, 0.1) is 11.1 Å². The van der Waals surface area contributed by atoms with Crippen LogP contribution < -0.4 is 4.74 Å². The lowest BCUT2D eigenvalue weighted by Gasteiger charge is -2.09. The first-order valence-corrected chi connectivity index (χ1v) is 6.18. The van der Waals surface area contributed by atoms with Crippen LogP contribution in [0.3, 0.4) is 0 Å². The number of nitriles is 1. The Bertz CT molecular complexity index is 525. The summed E-state index contributed by atoms with van der Waals surface area (Å²) >= 11 is 9.17. The van der Waals surface area contributed by atoms with E-state index < -0.39 is 11.7 Å². The monoisotopic (exact) mass is 328 g/mol. The predicted molar refractivity (Wildman–Crippen MR) is 72.2 cm³/mol. The Morgan fingerprint density at radius 3 is 2.83 bits per heavy atom. The highest BCUT2D eigenvalue weighted by atomic mass is 79.9. The second-order valence-corrected chi connectivity index (χ2v) is 4.90. The molecule has 4 nitrogen and oxygen atoms in total. The fourth-order valence-corrected chi connectivity index (χ4v) is 1.96. The molecular weight excluding hydrogens is 320 g/mol. The highest BCUT2D eigenvalue weighted by Gasteiger charge is 2.20. The van der Waals surface area contributed by atoms with Crippen molar-refractivity contribution in [2.45, 2.75) is 6.92 Å². The molecule has 94 valence electrons. The lowest BCUT2D eigenvalue weighted by Crippen LogP contribution is -2.25. The van der Waals surface area contributed by atoms with Gasteiger partial charge in [-0.15, -0.1) is 0 Å². The summed E-state index contributed by atoms with van der Waals surface area (Å²) < 4.78 is 6.04. The van der Waals surface area contributed by atoms with Crippen LogP contribution in [0.2, 0.25) is 5.02 Å². The molecule has 0 aliphatic carbocycles. The maximum Gasteiger partial charge on any atom is 0.192 e. The smallest absolute Gasteiger partial charge is 0.192 e. The molecule has 0 aliphatic heterocycles. The van der Waals surface area contributed by atoms with E-state index in [9.17, 15) is 4.79 Å². The van der Waals surface area contributed by atoms with Crippen molar-refractivity contribution in [2.75, 3.05) is 6.61 Å². The van der Waals surface area contributed by atoms with Crippen LogP contribution in [-0.2, 0) is 4.79 Å². The molecule has 0 amide bonds. The quantitative estimate of drug-likeness (QED) is 0.843. The van der Waals surface area contributed by atoms with Crippen molar-refractivity contribution < 1.29 is 9.53 Å². The number of hydrogen-bond acceptors (Lipinski definition) is 4. The number of rotatable bonds is 5. The lowest BCUT2D eigenvalue weighted by molar-refractivity contribution is -0.121. The molecule has 1 unspecified atom stereocenters. The number of hydrogen-bond donors (Lipinski definition) is 1. The van der Waals surface area contributed by atoms with Gasteiger partial charge in [-0.05, 0) is 25.1 Å². The third-order valence-corrected chi connectivity index (χ3v) is 2.94. The van der Waals surface area contributed by atoms with Gasteiger partial charge < -0.3 is 10.1 Å². The number of Topliss-reactive ketones (excluding diaryl/α,β-unsaturated/α-hetero) is 1. The van der Waals surface area contributed by atoms with Gasteiger partial charge in [-0.25, -0.2) is 0 Å². The Morgan fingerprint density at radius 1 is 1.67 bits per heavy atom. The van der Waals surface area contributed by atoms with Crippen LogP contribution in [0.25, 0.3) is 0 Å². The third kappa shape index (κ3) is 3.83. The molecule has 1 N–H and O–H groups in total. The molecule has 18 heavy (non-hydrogen) atoms. The summed E-state index contributed by atoms with van der Waals surface area (Å²) in [6, 6.07) is 6.77. The zero-order valence-corrected chi connectivity index (χ0v) is 11.9. The zero-order valence-electron chi connectivity index (χ0n) is 9.54. The third-order valence-electron chi connectivity index (χ3n) is 2.15. The van der Waals surface area contributed by atoms with E-state index in [0.717, 1.165) is 4.47 Å². The molecule has 0 spiro atoms. The Balaban J connectivity index is 2.68. The molecule has 1 rings (SSSR count). The topological polar surface area (TPSA) is 73.9 Å². The molecule has 0 fully saturated rings. The van der Waals surface area contributed by atoms with E-state index in [4.69, 9.17) is 27.0 Å². The Morgan fingerprint density at radius 2 is 2.33 bits per heavy atom. The van der Waals surface area contributed by atoms with Crippen molar-refractivity contribution in [3.63, 3.8) is 0 Å². The van der Waals surface area contributed by atoms with Crippen LogP contribution in [0.15, 0.2) is 22.7 Å². The fourth-order valence-electron chi connectivity index (χ4n) is 1.23. The largest absolute Gasteiger partial charge is 0.484 e. The summed E-state index contributed by atoms with van der Waals surface area (Å²) in [6.45, 7) is 1.13. The fraction of sp³-hybridized carbons (Fsp3) is 0.250. The number of carbonyl (C=O) groups is 1. The van der Waals surface area contributed by atoms with E-state index in [1.165, 1.54) is 6.92 Å². The van der Waals surface area contributed by atoms with Gasteiger partial charge >= 0.3 is 0 Å². The van der Waals surface area contributed by atoms with Gasteiger partial charge in [0.2, 0.25) is 0 Å². The molecule has 6 heteroatoms. The SMILES string of the molecule is CC(=N)C(C#N)C(=O)COc1ccc(Br)cc1Cl. The first kappa shape index (κ1) is 14.7. The van der Waals surface area contributed by atoms with Gasteiger partial charge in [-0.3, -0.25) is 4.79 Å². The van der Waals surface area contributed by atoms with Crippen LogP contribution >= 0.6 is 27.5 Å². The number of benzene rings is 1. The van der Waals surface area contributed by atoms with Gasteiger partial charge in [0.15, 0.2) is 5.78 Å². The molecule has 0 aromatic heterocycles. The van der Waals surface area contributed by atoms with Crippen LogP contribution in [0, 0.1) is 22.7 Å². The minimum absolute atomic E-state index is 0.00741. The van der Waals surface area contributed by atoms with Crippen LogP contribution in [0.1, 0.15) is 6.92 Å². The van der Waals surface area contributed by atoms with E-state index in [1.807, 2.05) is 0 Å². The summed E-state index contributed by atoms with van der Waals surface area (Å²) in [6.07, 6.45) is 0. The van der Waals surface area contributed by atoms with E-state index in [-0.39, 0.29) is 12.3 Å². The number of halogens is 2. The Kier molecular flexibility index (Phi) is 5.32. The van der Waals surface area contributed by atoms with E-state index in [2.05, 4.69) is 15.9 Å². The van der Waals surface area contributed by atoms with Crippen molar-refractivity contribution in [3.05, 3.63) is 27.7 Å². The summed E-state index contributed by atoms with van der Waals surface area (Å²) in [4.78, 5) is 11.6. The summed E-state index contributed by atoms with van der Waals surface area (Å²) in [5.41, 5.74) is 0.00741. The van der Waals surface area contributed by atoms with Gasteiger partial charge in [0.25, 0.3) is 0 Å². The summed E-state index contributed by atoms with van der Waals surface area (Å²) in [5, 5.41) is 16.4. The standard InChI is InChI=1S/C12H10BrClN2O2/c1-7(16)9(5-15)11(17)6-18-12-3-2-8(13)4-10(12)14/h2-4,9,16H,6H2,1H3. The second kappa shape index (κ2) is 6.53. The van der Waals surface area contributed by atoms with Crippen molar-refractivity contribution in [3.8, 4) is 11.8 Å². The number of ketones is 1. The highest BCUT2D eigenvalue weighted by molar-refractivity contribution is 9.10. The summed E-state index contributed by atoms with van der Waals surface area (Å²) in [7, 11) is 0. The summed E-state index contributed by atoms with van der Waals surface area (Å²) in [5.74, 6) is -1.14. The van der Waals surface area contributed by atoms with E-state index in [1.54, 1.807) is 24.3 Å². The molecule has 0 aliphatic rings. The van der Waals surface area contributed by atoms with Crippen LogP contribution in [0.4, 0.5) is 0 Å². The molecule has 1 atom stereocenters. The minimum Gasteiger partial charge on any atom is -0.484 e. The number of nitrogens with one attached hydrogen (secondary N) is 1. The highest BCUT2D eigenvalue weighted by Crippen LogP contribution is 2.27. The predicted octanol–water partition coefficient (Wildman–Crippen LogP) is 3.23. The van der Waals surface area contributed by atoms with Crippen molar-refractivity contribution in [2.24, 2.45) is 5.92 Å². The van der Waals surface area contributed by atoms with Gasteiger partial charge in [-0.1, -0.05) is 27.5 Å². The molecular formula is C12H10BrClN2O2. The first-order valence-electron chi connectivity index (χ1n) is 5.01. The number of nitrogens with zero attached hydrogens (tertiary/aromatic N) is 1. The van der Waals surface area contributed by atoms with Gasteiger partial charge in [0.1, 0.15) is 18.3 Å². The molecule has 0 bridgehead atoms. The molecule has 1 aromatic rings. The zero-order chi connectivity index (χ0) is 13.7. The Hall–Kier alpha value is -1.38. The average Bonchev–Trinajstić information content (AvgIpc) is 2.28. The van der Waals surface area contributed by atoms with Gasteiger partial charge in [-0.2, -0.15) is 5.26 Å². The lowest BCUT2D eigenvalue weighted by atomic mass is 10.0. The van der Waals surface area contributed by atoms with Crippen LogP contribution in [0.5, 0.6) is 5.75 Å². The maximum absolute atomic E-state index is 11.6. The molecule has 0 radical (unpaired) electrons. The van der Waals surface area contributed by atoms with E-state index in [0.29, 0.717) is 10.8 Å². The molecule has 1 aromatic carbocycles. The molecule has 0 saturated carbocycles. The first-order chi connectivity index (χ1) is 8.45. The van der Waals surface area contributed by atoms with E-state index >= 15 is 0 Å². The second-order valence-electron chi connectivity index (χ2n) is 3.57. The molecule has 0 heterocycles. The number of carbonyl (C=O) groups excluding carboxylic acids is 1. The van der Waals surface area contributed by atoms with Crippen LogP contribution in [-0.4, -0.2) is 18.1 Å². The maximum atomic E-state index is 11.6. The number of ether oxygens (including phenoxy) is 1. The van der Waals surface area contributed by atoms with Crippen molar-refractivity contribution in [1.82, 2.24) is 0 Å². The normalized spacial score (nSPS) is 11.4.